The van der Waals surface area contributed by atoms with Crippen molar-refractivity contribution >= 4 is 79.6 Å². The van der Waals surface area contributed by atoms with Gasteiger partial charge in [-0.05, 0) is 33.4 Å². The predicted octanol–water partition coefficient (Wildman–Crippen LogP) is 5.51. The van der Waals surface area contributed by atoms with Crippen molar-refractivity contribution < 1.29 is 0 Å². The molecule has 0 saturated carbocycles. The number of benzene rings is 2. The maximum Gasteiger partial charge on any atom is 0.151 e. The van der Waals surface area contributed by atoms with Crippen LogP contribution in [0.15, 0.2) is 36.4 Å². The zero-order valence-corrected chi connectivity index (χ0v) is 20.4. The van der Waals surface area contributed by atoms with Crippen LogP contribution in [-0.4, -0.2) is 10.3 Å². The summed E-state index contributed by atoms with van der Waals surface area (Å²) < 4.78 is 0. The third kappa shape index (κ3) is 6.19. The number of rotatable bonds is 4. The van der Waals surface area contributed by atoms with Crippen LogP contribution in [0.2, 0.25) is 0 Å². The first-order valence-electron chi connectivity index (χ1n) is 7.79. The van der Waals surface area contributed by atoms with Gasteiger partial charge in [-0.3, -0.25) is 10.8 Å². The minimum Gasteiger partial charge on any atom is -0.379 e. The van der Waals surface area contributed by atoms with Crippen LogP contribution >= 0.6 is 69.2 Å². The summed E-state index contributed by atoms with van der Waals surface area (Å²) in [5.41, 5.74) is 18.7. The smallest absolute Gasteiger partial charge is 0.151 e. The van der Waals surface area contributed by atoms with Gasteiger partial charge in [-0.15, -0.1) is 34.0 Å². The van der Waals surface area contributed by atoms with Gasteiger partial charge in [0.2, 0.25) is 0 Å². The van der Waals surface area contributed by atoms with Gasteiger partial charge in [0, 0.05) is 23.0 Å². The van der Waals surface area contributed by atoms with Crippen LogP contribution in [0.5, 0.6) is 0 Å². The highest BCUT2D eigenvalue weighted by molar-refractivity contribution is 8.93. The molecule has 4 nitrogen and oxygen atoms in total. The second-order valence-electron chi connectivity index (χ2n) is 5.70. The molecule has 27 heavy (non-hydrogen) atoms. The van der Waals surface area contributed by atoms with E-state index < -0.39 is 0 Å². The van der Waals surface area contributed by atoms with Gasteiger partial charge >= 0.3 is 0 Å². The quantitative estimate of drug-likeness (QED) is 0.297. The van der Waals surface area contributed by atoms with E-state index in [1.165, 1.54) is 56.9 Å². The van der Waals surface area contributed by atoms with Gasteiger partial charge in [-0.1, -0.05) is 59.9 Å². The van der Waals surface area contributed by atoms with E-state index in [1.807, 2.05) is 11.8 Å². The number of hydrogen-bond donors (Lipinski definition) is 4. The first-order chi connectivity index (χ1) is 12.1. The van der Waals surface area contributed by atoms with Crippen molar-refractivity contribution in [1.82, 2.24) is 0 Å². The van der Waals surface area contributed by atoms with E-state index in [0.717, 1.165) is 11.5 Å². The molecule has 1 aliphatic heterocycles. The standard InChI is InChI=1S/C18H20N4S3.2BrH/c19-17(20)24-9-13-5-1-3-11-7-23-8-12-4-2-6-14(10-25-18(21)22)16(12)15(11)13;;/h1-6H,7-10H2,(H3,19,20)(H3,21,22);2*1H. The van der Waals surface area contributed by atoms with E-state index in [9.17, 15) is 0 Å². The fourth-order valence-electron chi connectivity index (χ4n) is 3.01. The monoisotopic (exact) mass is 548 g/mol. The number of halogens is 2. The molecule has 6 N–H and O–H groups in total. The summed E-state index contributed by atoms with van der Waals surface area (Å²) in [6, 6.07) is 12.8. The Bertz CT molecular complexity index is 763. The lowest BCUT2D eigenvalue weighted by Crippen LogP contribution is -2.06. The molecule has 0 bridgehead atoms. The van der Waals surface area contributed by atoms with Crippen LogP contribution < -0.4 is 11.5 Å². The molecule has 0 saturated heterocycles. The second kappa shape index (κ2) is 11.4. The lowest BCUT2D eigenvalue weighted by Gasteiger charge is -2.18. The number of thioether (sulfide) groups is 3. The van der Waals surface area contributed by atoms with Gasteiger partial charge < -0.3 is 11.5 Å². The fourth-order valence-corrected chi connectivity index (χ4v) is 5.14. The van der Waals surface area contributed by atoms with Crippen molar-refractivity contribution in [2.24, 2.45) is 11.5 Å². The first-order valence-corrected chi connectivity index (χ1v) is 10.9. The lowest BCUT2D eigenvalue weighted by atomic mass is 9.89. The molecule has 3 rings (SSSR count). The lowest BCUT2D eigenvalue weighted by molar-refractivity contribution is 1.29. The van der Waals surface area contributed by atoms with Crippen LogP contribution in [0.25, 0.3) is 11.1 Å². The highest BCUT2D eigenvalue weighted by atomic mass is 79.9. The van der Waals surface area contributed by atoms with Crippen molar-refractivity contribution in [1.29, 1.82) is 10.8 Å². The molecular weight excluding hydrogens is 528 g/mol. The highest BCUT2D eigenvalue weighted by Crippen LogP contribution is 2.42. The Balaban J connectivity index is 0.00000182. The number of nitrogens with two attached hydrogens (primary N) is 2. The van der Waals surface area contributed by atoms with Crippen LogP contribution in [0.1, 0.15) is 22.3 Å². The first kappa shape index (κ1) is 24.4. The Morgan fingerprint density at radius 2 is 1.22 bits per heavy atom. The van der Waals surface area contributed by atoms with E-state index >= 15 is 0 Å². The maximum atomic E-state index is 7.52. The van der Waals surface area contributed by atoms with E-state index in [0.29, 0.717) is 11.5 Å². The van der Waals surface area contributed by atoms with Gasteiger partial charge in [0.15, 0.2) is 10.3 Å². The number of hydrogen-bond acceptors (Lipinski definition) is 5. The topological polar surface area (TPSA) is 99.7 Å². The fraction of sp³-hybridized carbons (Fsp3) is 0.222. The minimum absolute atomic E-state index is 0. The molecule has 1 aliphatic rings. The minimum atomic E-state index is 0. The average Bonchev–Trinajstić information content (AvgIpc) is 2.77. The molecule has 2 aromatic rings. The summed E-state index contributed by atoms with van der Waals surface area (Å²) in [6.45, 7) is 0. The van der Waals surface area contributed by atoms with Crippen LogP contribution in [0, 0.1) is 10.8 Å². The molecule has 0 amide bonds. The Morgan fingerprint density at radius 3 is 1.59 bits per heavy atom. The zero-order valence-electron chi connectivity index (χ0n) is 14.5. The summed E-state index contributed by atoms with van der Waals surface area (Å²) in [5, 5.41) is 15.3. The number of nitrogens with one attached hydrogen (secondary N) is 2. The molecule has 0 aliphatic carbocycles. The summed E-state index contributed by atoms with van der Waals surface area (Å²) in [6.07, 6.45) is 0. The van der Waals surface area contributed by atoms with E-state index in [-0.39, 0.29) is 44.3 Å². The summed E-state index contributed by atoms with van der Waals surface area (Å²) >= 11 is 4.64. The molecule has 0 unspecified atom stereocenters. The van der Waals surface area contributed by atoms with Gasteiger partial charge in [0.25, 0.3) is 0 Å². The van der Waals surface area contributed by atoms with E-state index in [4.69, 9.17) is 22.3 Å². The highest BCUT2D eigenvalue weighted by Gasteiger charge is 2.21. The Kier molecular flexibility index (Phi) is 10.3. The second-order valence-corrected chi connectivity index (χ2v) is 8.72. The van der Waals surface area contributed by atoms with Crippen molar-refractivity contribution in [3.8, 4) is 11.1 Å². The molecule has 0 atom stereocenters. The molecule has 0 aromatic heterocycles. The van der Waals surface area contributed by atoms with Crippen LogP contribution in [-0.2, 0) is 23.0 Å². The molecule has 0 radical (unpaired) electrons. The van der Waals surface area contributed by atoms with Crippen LogP contribution in [0.3, 0.4) is 0 Å². The van der Waals surface area contributed by atoms with Crippen molar-refractivity contribution in [2.45, 2.75) is 23.0 Å². The van der Waals surface area contributed by atoms with Gasteiger partial charge in [0.05, 0.1) is 0 Å². The van der Waals surface area contributed by atoms with Crippen molar-refractivity contribution in [3.63, 3.8) is 0 Å². The third-order valence-corrected chi connectivity index (χ3v) is 6.57. The number of amidine groups is 2. The molecule has 146 valence electrons. The van der Waals surface area contributed by atoms with E-state index in [1.54, 1.807) is 0 Å². The Hall–Kier alpha value is -0.610. The van der Waals surface area contributed by atoms with Crippen molar-refractivity contribution in [3.05, 3.63) is 58.7 Å². The van der Waals surface area contributed by atoms with Crippen molar-refractivity contribution in [2.75, 3.05) is 0 Å². The summed E-state index contributed by atoms with van der Waals surface area (Å²) in [5.74, 6) is 3.33. The third-order valence-electron chi connectivity index (χ3n) is 4.01. The van der Waals surface area contributed by atoms with Gasteiger partial charge in [-0.25, -0.2) is 0 Å². The zero-order chi connectivity index (χ0) is 17.8. The Labute approximate surface area is 193 Å². The normalized spacial score (nSPS) is 11.9. The molecule has 0 fully saturated rings. The largest absolute Gasteiger partial charge is 0.379 e. The van der Waals surface area contributed by atoms with Gasteiger partial charge in [-0.2, -0.15) is 11.8 Å². The SMILES string of the molecule is Br.Br.N=C(N)SCc1cccc2c1-c1c(cccc1CSC(=N)N)CSC2. The molecule has 2 aromatic carbocycles. The average molecular weight is 550 g/mol. The summed E-state index contributed by atoms with van der Waals surface area (Å²) in [4.78, 5) is 0. The molecule has 1 heterocycles. The van der Waals surface area contributed by atoms with E-state index in [2.05, 4.69) is 36.4 Å². The Morgan fingerprint density at radius 1 is 0.815 bits per heavy atom. The molecule has 9 heteroatoms. The maximum absolute atomic E-state index is 7.52. The summed E-state index contributed by atoms with van der Waals surface area (Å²) in [7, 11) is 0. The van der Waals surface area contributed by atoms with Crippen LogP contribution in [0.4, 0.5) is 0 Å². The van der Waals surface area contributed by atoms with Gasteiger partial charge in [0.1, 0.15) is 0 Å². The number of fused-ring (bicyclic) bond motifs is 3. The molecule has 0 spiro atoms. The molecular formula is C18H22Br2N4S3. The predicted molar refractivity (Wildman–Crippen MR) is 134 cm³/mol.